The summed E-state index contributed by atoms with van der Waals surface area (Å²) in [6, 6.07) is 9.28. The van der Waals surface area contributed by atoms with Crippen LogP contribution in [0.4, 0.5) is 13.2 Å². The maximum atomic E-state index is 13.0. The van der Waals surface area contributed by atoms with Gasteiger partial charge in [-0.2, -0.15) is 13.2 Å². The molecule has 0 aliphatic carbocycles. The van der Waals surface area contributed by atoms with Gasteiger partial charge in [0.15, 0.2) is 0 Å². The third-order valence-corrected chi connectivity index (χ3v) is 5.93. The van der Waals surface area contributed by atoms with E-state index < -0.39 is 11.7 Å². The van der Waals surface area contributed by atoms with E-state index in [1.54, 1.807) is 12.3 Å². The number of alkyl halides is 3. The summed E-state index contributed by atoms with van der Waals surface area (Å²) in [5, 5.41) is 0. The molecule has 0 spiro atoms. The smallest absolute Gasteiger partial charge is 0.416 e. The van der Waals surface area contributed by atoms with Crippen LogP contribution in [-0.2, 0) is 10.9 Å². The Kier molecular flexibility index (Phi) is 6.25. The fourth-order valence-corrected chi connectivity index (χ4v) is 4.51. The molecule has 1 aromatic carbocycles. The zero-order chi connectivity index (χ0) is 20.4. The van der Waals surface area contributed by atoms with Gasteiger partial charge in [-0.05, 0) is 63.4 Å². The van der Waals surface area contributed by atoms with Crippen LogP contribution in [0.5, 0.6) is 5.88 Å². The van der Waals surface area contributed by atoms with Crippen molar-refractivity contribution >= 4 is 11.8 Å². The van der Waals surface area contributed by atoms with E-state index in [9.17, 15) is 13.2 Å². The average Bonchev–Trinajstić information content (AvgIpc) is 2.61. The van der Waals surface area contributed by atoms with Crippen LogP contribution in [-0.4, -0.2) is 22.4 Å². The van der Waals surface area contributed by atoms with Crippen LogP contribution in [0.2, 0.25) is 0 Å². The van der Waals surface area contributed by atoms with Crippen LogP contribution in [0.25, 0.3) is 0 Å². The van der Waals surface area contributed by atoms with Crippen molar-refractivity contribution in [3.05, 3.63) is 53.7 Å². The number of rotatable bonds is 5. The van der Waals surface area contributed by atoms with E-state index in [2.05, 4.69) is 11.9 Å². The summed E-state index contributed by atoms with van der Waals surface area (Å²) >= 11 is 1.48. The molecule has 3 nitrogen and oxygen atoms in total. The Morgan fingerprint density at radius 1 is 1.25 bits per heavy atom. The second kappa shape index (κ2) is 8.33. The number of pyridine rings is 1. The normalized spacial score (nSPS) is 23.0. The third kappa shape index (κ3) is 5.41. The molecule has 3 rings (SSSR count). The molecule has 2 heterocycles. The van der Waals surface area contributed by atoms with Crippen LogP contribution < -0.4 is 4.74 Å². The molecule has 2 atom stereocenters. The highest BCUT2D eigenvalue weighted by Crippen LogP contribution is 2.46. The summed E-state index contributed by atoms with van der Waals surface area (Å²) in [5.74, 6) is 0.565. The van der Waals surface area contributed by atoms with Gasteiger partial charge in [-0.3, -0.25) is 0 Å². The van der Waals surface area contributed by atoms with Gasteiger partial charge < -0.3 is 9.47 Å². The summed E-state index contributed by atoms with van der Waals surface area (Å²) < 4.78 is 50.2. The first-order valence-corrected chi connectivity index (χ1v) is 10.1. The van der Waals surface area contributed by atoms with Crippen molar-refractivity contribution in [2.24, 2.45) is 0 Å². The number of hydrogen-bond acceptors (Lipinski definition) is 4. The topological polar surface area (TPSA) is 31.4 Å². The molecule has 1 fully saturated rings. The second-order valence-electron chi connectivity index (χ2n) is 7.49. The molecule has 28 heavy (non-hydrogen) atoms. The molecule has 1 aromatic heterocycles. The second-order valence-corrected chi connectivity index (χ2v) is 9.15. The largest absolute Gasteiger partial charge is 0.475 e. The minimum Gasteiger partial charge on any atom is -0.475 e. The van der Waals surface area contributed by atoms with Gasteiger partial charge in [0.2, 0.25) is 5.88 Å². The first-order valence-electron chi connectivity index (χ1n) is 9.25. The van der Waals surface area contributed by atoms with Crippen molar-refractivity contribution < 1.29 is 22.6 Å². The number of hydrogen-bond donors (Lipinski definition) is 0. The molecule has 7 heteroatoms. The Hall–Kier alpha value is -1.73. The summed E-state index contributed by atoms with van der Waals surface area (Å²) in [6.45, 7) is 6.51. The molecule has 0 radical (unpaired) electrons. The van der Waals surface area contributed by atoms with E-state index in [0.717, 1.165) is 18.1 Å². The van der Waals surface area contributed by atoms with Crippen LogP contribution in [0.3, 0.4) is 0 Å². The van der Waals surface area contributed by atoms with E-state index >= 15 is 0 Å². The maximum Gasteiger partial charge on any atom is 0.416 e. The highest BCUT2D eigenvalue weighted by molar-refractivity contribution is 8.00. The predicted molar refractivity (Wildman–Crippen MR) is 104 cm³/mol. The van der Waals surface area contributed by atoms with Crippen molar-refractivity contribution in [3.8, 4) is 5.88 Å². The summed E-state index contributed by atoms with van der Waals surface area (Å²) in [6.07, 6.45) is -1.20. The minimum atomic E-state index is -4.33. The molecule has 2 aromatic rings. The Balaban J connectivity index is 1.71. The van der Waals surface area contributed by atoms with Crippen molar-refractivity contribution in [1.29, 1.82) is 0 Å². The van der Waals surface area contributed by atoms with E-state index in [4.69, 9.17) is 9.47 Å². The molecule has 0 N–H and O–H groups in total. The van der Waals surface area contributed by atoms with E-state index in [-0.39, 0.29) is 17.0 Å². The van der Waals surface area contributed by atoms with Crippen LogP contribution in [0, 0.1) is 0 Å². The number of thioether (sulfide) groups is 1. The molecule has 0 amide bonds. The first kappa shape index (κ1) is 21.0. The zero-order valence-corrected chi connectivity index (χ0v) is 16.9. The molecule has 2 unspecified atom stereocenters. The van der Waals surface area contributed by atoms with Gasteiger partial charge in [0.05, 0.1) is 17.8 Å². The van der Waals surface area contributed by atoms with Gasteiger partial charge in [0, 0.05) is 28.5 Å². The van der Waals surface area contributed by atoms with Crippen LogP contribution in [0.1, 0.15) is 50.8 Å². The van der Waals surface area contributed by atoms with Crippen LogP contribution >= 0.6 is 11.8 Å². The number of benzene rings is 1. The lowest BCUT2D eigenvalue weighted by molar-refractivity contribution is -0.137. The van der Waals surface area contributed by atoms with E-state index in [0.29, 0.717) is 23.8 Å². The quantitative estimate of drug-likeness (QED) is 0.579. The van der Waals surface area contributed by atoms with Gasteiger partial charge in [0.1, 0.15) is 0 Å². The molecule has 0 bridgehead atoms. The van der Waals surface area contributed by atoms with Gasteiger partial charge in [0.25, 0.3) is 0 Å². The lowest BCUT2D eigenvalue weighted by atomic mass is 9.93. The van der Waals surface area contributed by atoms with Gasteiger partial charge in [-0.15, -0.1) is 11.8 Å². The molecule has 1 aliphatic rings. The minimum absolute atomic E-state index is 0.0523. The lowest BCUT2D eigenvalue weighted by Crippen LogP contribution is -2.31. The monoisotopic (exact) mass is 411 g/mol. The Morgan fingerprint density at radius 3 is 2.68 bits per heavy atom. The van der Waals surface area contributed by atoms with E-state index in [1.165, 1.54) is 23.9 Å². The Morgan fingerprint density at radius 2 is 2.04 bits per heavy atom. The van der Waals surface area contributed by atoms with Crippen molar-refractivity contribution in [2.75, 3.05) is 6.61 Å². The fraction of sp³-hybridized carbons (Fsp3) is 0.476. The van der Waals surface area contributed by atoms with Crippen molar-refractivity contribution in [3.63, 3.8) is 0 Å². The number of nitrogens with zero attached hydrogens (tertiary/aromatic N) is 1. The highest BCUT2D eigenvalue weighted by Gasteiger charge is 2.36. The van der Waals surface area contributed by atoms with Gasteiger partial charge in [-0.1, -0.05) is 6.07 Å². The van der Waals surface area contributed by atoms with Gasteiger partial charge in [-0.25, -0.2) is 4.98 Å². The first-order chi connectivity index (χ1) is 13.1. The predicted octanol–water partition coefficient (Wildman–Crippen LogP) is 6.29. The average molecular weight is 411 g/mol. The third-order valence-electron chi connectivity index (χ3n) is 4.58. The maximum absolute atomic E-state index is 13.0. The Bertz CT molecular complexity index is 795. The standard InChI is InChI=1S/C21H24F3NO2S/c1-14(2)27-19-8-7-15(13-25-19)18-12-20(3,9-10-26-18)28-17-6-4-5-16(11-17)21(22,23)24/h4-8,11,13-14,18H,9-10,12H2,1-3H3. The van der Waals surface area contributed by atoms with Gasteiger partial charge >= 0.3 is 6.18 Å². The lowest BCUT2D eigenvalue weighted by Gasteiger charge is -2.38. The summed E-state index contributed by atoms with van der Waals surface area (Å²) in [7, 11) is 0. The number of ether oxygens (including phenoxy) is 2. The Labute approximate surface area is 167 Å². The van der Waals surface area contributed by atoms with Crippen LogP contribution in [0.15, 0.2) is 47.5 Å². The zero-order valence-electron chi connectivity index (χ0n) is 16.1. The highest BCUT2D eigenvalue weighted by atomic mass is 32.2. The molecular formula is C21H24F3NO2S. The molecule has 1 saturated heterocycles. The molecule has 1 aliphatic heterocycles. The molecule has 0 saturated carbocycles. The molecule has 152 valence electrons. The number of halogens is 3. The summed E-state index contributed by atoms with van der Waals surface area (Å²) in [5.41, 5.74) is 0.335. The summed E-state index contributed by atoms with van der Waals surface area (Å²) in [4.78, 5) is 4.95. The molecular weight excluding hydrogens is 387 g/mol. The van der Waals surface area contributed by atoms with E-state index in [1.807, 2.05) is 26.0 Å². The van der Waals surface area contributed by atoms with Crippen molar-refractivity contribution in [1.82, 2.24) is 4.98 Å². The number of aromatic nitrogens is 1. The fourth-order valence-electron chi connectivity index (χ4n) is 3.19. The SMILES string of the molecule is CC(C)Oc1ccc(C2CC(C)(Sc3cccc(C(F)(F)F)c3)CCO2)cn1. The van der Waals surface area contributed by atoms with Crippen molar-refractivity contribution in [2.45, 2.75) is 61.6 Å².